The average Bonchev–Trinajstić information content (AvgIpc) is 3.10. The Bertz CT molecular complexity index is 1250. The molecule has 3 aliphatic rings. The summed E-state index contributed by atoms with van der Waals surface area (Å²) in [5.74, 6) is -1.74. The first-order chi connectivity index (χ1) is 21.8. The topological polar surface area (TPSA) is 36.9 Å². The summed E-state index contributed by atoms with van der Waals surface area (Å²) in [6, 6.07) is 43.9. The van der Waals surface area contributed by atoms with Crippen molar-refractivity contribution in [2.75, 3.05) is 25.5 Å². The molecule has 0 saturated carbocycles. The Hall–Kier alpha value is -2.42. The zero-order chi connectivity index (χ0) is 29.7. The van der Waals surface area contributed by atoms with Gasteiger partial charge in [0, 0.05) is 25.2 Å². The molecule has 3 saturated heterocycles. The average molecular weight is 625 g/mol. The van der Waals surface area contributed by atoms with Gasteiger partial charge in [-0.1, -0.05) is 121 Å². The van der Waals surface area contributed by atoms with Crippen LogP contribution in [0.2, 0.25) is 0 Å². The maximum atomic E-state index is 7.42. The quantitative estimate of drug-likeness (QED) is 0.202. The molecule has 3 heterocycles. The van der Waals surface area contributed by atoms with Gasteiger partial charge in [-0.05, 0) is 62.7 Å². The summed E-state index contributed by atoms with van der Waals surface area (Å²) in [6.45, 7) is 1.36. The molecule has 0 bridgehead atoms. The van der Waals surface area contributed by atoms with Crippen LogP contribution in [0.1, 0.15) is 38.5 Å². The van der Waals surface area contributed by atoms with E-state index in [0.717, 1.165) is 50.8 Å². The maximum absolute atomic E-state index is 7.42. The molecule has 0 N–H and O–H groups in total. The van der Waals surface area contributed by atoms with Gasteiger partial charge in [0.05, 0.1) is 25.4 Å². The molecule has 3 fully saturated rings. The standard InChI is InChI=1S/C38H42O4P2/c1-5-17-31(18-6-1)43(32-19-7-2-8-20-32)29-35-36(30-44(33-21-9-3-10-22-33)34-23-11-4-12-24-34)42-38(26-14-16-28-40-38)37(41-35)25-13-15-27-39-37/h1-12,17-24,35-36H,13-16,25-30H2/t35-,36-,37+,38?/m0/s1. The molecule has 6 heteroatoms. The van der Waals surface area contributed by atoms with Crippen molar-refractivity contribution in [1.29, 1.82) is 0 Å². The first-order valence-electron chi connectivity index (χ1n) is 16.1. The van der Waals surface area contributed by atoms with E-state index >= 15 is 0 Å². The van der Waals surface area contributed by atoms with Crippen molar-refractivity contribution in [1.82, 2.24) is 0 Å². The van der Waals surface area contributed by atoms with Crippen LogP contribution in [0.15, 0.2) is 121 Å². The van der Waals surface area contributed by atoms with Crippen LogP contribution in [0, 0.1) is 0 Å². The lowest BCUT2D eigenvalue weighted by Gasteiger charge is -2.58. The molecular weight excluding hydrogens is 582 g/mol. The SMILES string of the molecule is c1ccc(P(C[C@@H]2OC3(CCCCO3)[C@@]3(CCCCO3)O[C@H]2CP(c2ccccc2)c2ccccc2)c2ccccc2)cc1. The van der Waals surface area contributed by atoms with Gasteiger partial charge in [0.2, 0.25) is 11.6 Å². The molecule has 4 aromatic carbocycles. The molecule has 228 valence electrons. The third-order valence-electron chi connectivity index (χ3n) is 9.15. The van der Waals surface area contributed by atoms with Crippen LogP contribution in [0.4, 0.5) is 0 Å². The van der Waals surface area contributed by atoms with Gasteiger partial charge in [0.1, 0.15) is 0 Å². The van der Waals surface area contributed by atoms with Crippen LogP contribution in [-0.2, 0) is 18.9 Å². The van der Waals surface area contributed by atoms with E-state index in [1.807, 2.05) is 0 Å². The lowest BCUT2D eigenvalue weighted by molar-refractivity contribution is -0.476. The summed E-state index contributed by atoms with van der Waals surface area (Å²) in [7, 11) is -1.39. The number of hydrogen-bond donors (Lipinski definition) is 0. The highest BCUT2D eigenvalue weighted by Crippen LogP contribution is 2.52. The normalized spacial score (nSPS) is 27.2. The van der Waals surface area contributed by atoms with Crippen molar-refractivity contribution in [2.24, 2.45) is 0 Å². The minimum atomic E-state index is -0.872. The fourth-order valence-corrected chi connectivity index (χ4v) is 11.9. The van der Waals surface area contributed by atoms with Crippen LogP contribution in [0.5, 0.6) is 0 Å². The largest absolute Gasteiger partial charge is 0.345 e. The minimum absolute atomic E-state index is 0.145. The molecule has 2 spiro atoms. The maximum Gasteiger partial charge on any atom is 0.224 e. The van der Waals surface area contributed by atoms with E-state index in [-0.39, 0.29) is 12.2 Å². The number of ether oxygens (including phenoxy) is 4. The van der Waals surface area contributed by atoms with Crippen LogP contribution in [0.3, 0.4) is 0 Å². The highest BCUT2D eigenvalue weighted by Gasteiger charge is 2.63. The Morgan fingerprint density at radius 2 is 0.773 bits per heavy atom. The summed E-state index contributed by atoms with van der Waals surface area (Å²) in [4.78, 5) is 0. The zero-order valence-electron chi connectivity index (χ0n) is 25.3. The van der Waals surface area contributed by atoms with Crippen molar-refractivity contribution in [3.63, 3.8) is 0 Å². The van der Waals surface area contributed by atoms with E-state index in [2.05, 4.69) is 121 Å². The molecule has 4 atom stereocenters. The van der Waals surface area contributed by atoms with Crippen LogP contribution < -0.4 is 21.2 Å². The summed E-state index contributed by atoms with van der Waals surface area (Å²) in [6.07, 6.45) is 7.24. The van der Waals surface area contributed by atoms with Gasteiger partial charge >= 0.3 is 0 Å². The molecule has 0 aromatic heterocycles. The van der Waals surface area contributed by atoms with E-state index < -0.39 is 27.4 Å². The van der Waals surface area contributed by atoms with Crippen LogP contribution >= 0.6 is 15.8 Å². The number of rotatable bonds is 8. The predicted molar refractivity (Wildman–Crippen MR) is 183 cm³/mol. The van der Waals surface area contributed by atoms with Crippen molar-refractivity contribution in [2.45, 2.75) is 62.3 Å². The van der Waals surface area contributed by atoms with Gasteiger partial charge in [0.25, 0.3) is 0 Å². The molecule has 1 unspecified atom stereocenters. The smallest absolute Gasteiger partial charge is 0.224 e. The number of fused-ring (bicyclic) bond motifs is 1. The van der Waals surface area contributed by atoms with Gasteiger partial charge in [-0.15, -0.1) is 0 Å². The number of benzene rings is 4. The monoisotopic (exact) mass is 624 g/mol. The van der Waals surface area contributed by atoms with Crippen molar-refractivity contribution >= 4 is 37.1 Å². The highest BCUT2D eigenvalue weighted by atomic mass is 31.1. The molecule has 0 aliphatic carbocycles. The Morgan fingerprint density at radius 1 is 0.455 bits per heavy atom. The predicted octanol–water partition coefficient (Wildman–Crippen LogP) is 6.83. The Kier molecular flexibility index (Phi) is 9.57. The minimum Gasteiger partial charge on any atom is -0.345 e. The van der Waals surface area contributed by atoms with Gasteiger partial charge in [-0.2, -0.15) is 0 Å². The molecule has 44 heavy (non-hydrogen) atoms. The van der Waals surface area contributed by atoms with Crippen molar-refractivity contribution in [3.05, 3.63) is 121 Å². The Labute approximate surface area is 264 Å². The molecule has 4 aromatic rings. The molecular formula is C38H42O4P2. The second-order valence-electron chi connectivity index (χ2n) is 12.0. The molecule has 0 amide bonds. The van der Waals surface area contributed by atoms with Gasteiger partial charge in [-0.3, -0.25) is 0 Å². The van der Waals surface area contributed by atoms with Gasteiger partial charge in [0.15, 0.2) is 0 Å². The van der Waals surface area contributed by atoms with Crippen LogP contribution in [0.25, 0.3) is 0 Å². The van der Waals surface area contributed by atoms with Crippen molar-refractivity contribution < 1.29 is 18.9 Å². The summed E-state index contributed by atoms with van der Waals surface area (Å²) >= 11 is 0. The third kappa shape index (κ3) is 6.32. The Morgan fingerprint density at radius 3 is 1.05 bits per heavy atom. The molecule has 7 rings (SSSR count). The Balaban J connectivity index is 1.30. The molecule has 0 radical (unpaired) electrons. The first-order valence-corrected chi connectivity index (χ1v) is 19.2. The van der Waals surface area contributed by atoms with Crippen LogP contribution in [-0.4, -0.2) is 49.3 Å². The lowest BCUT2D eigenvalue weighted by atomic mass is 9.88. The fraction of sp³-hybridized carbons (Fsp3) is 0.368. The van der Waals surface area contributed by atoms with Crippen molar-refractivity contribution in [3.8, 4) is 0 Å². The second-order valence-corrected chi connectivity index (χ2v) is 16.5. The van der Waals surface area contributed by atoms with Gasteiger partial charge in [-0.25, -0.2) is 0 Å². The zero-order valence-corrected chi connectivity index (χ0v) is 27.1. The van der Waals surface area contributed by atoms with E-state index in [1.165, 1.54) is 21.2 Å². The summed E-state index contributed by atoms with van der Waals surface area (Å²) in [5.41, 5.74) is 0. The van der Waals surface area contributed by atoms with E-state index in [0.29, 0.717) is 13.2 Å². The third-order valence-corrected chi connectivity index (χ3v) is 14.3. The van der Waals surface area contributed by atoms with E-state index in [9.17, 15) is 0 Å². The summed E-state index contributed by atoms with van der Waals surface area (Å²) < 4.78 is 28.2. The summed E-state index contributed by atoms with van der Waals surface area (Å²) in [5, 5.41) is 5.43. The molecule has 4 nitrogen and oxygen atoms in total. The van der Waals surface area contributed by atoms with Gasteiger partial charge < -0.3 is 18.9 Å². The number of hydrogen-bond acceptors (Lipinski definition) is 4. The highest BCUT2D eigenvalue weighted by molar-refractivity contribution is 7.73. The van der Waals surface area contributed by atoms with E-state index in [4.69, 9.17) is 18.9 Å². The van der Waals surface area contributed by atoms with E-state index in [1.54, 1.807) is 0 Å². The first kappa shape index (κ1) is 30.2. The molecule has 3 aliphatic heterocycles. The fourth-order valence-electron chi connectivity index (χ4n) is 6.97. The second kappa shape index (κ2) is 13.9. The lowest BCUT2D eigenvalue weighted by Crippen LogP contribution is -2.70.